The monoisotopic (exact) mass is 551 g/mol. The van der Waals surface area contributed by atoms with Crippen LogP contribution in [0, 0.1) is 20.8 Å². The highest BCUT2D eigenvalue weighted by molar-refractivity contribution is 14.2. The lowest BCUT2D eigenvalue weighted by molar-refractivity contribution is 0.0862. The van der Waals surface area contributed by atoms with Crippen LogP contribution in [-0.2, 0) is 0 Å². The first-order chi connectivity index (χ1) is 15.2. The molecule has 0 saturated carbocycles. The molecular weight excluding hydrogens is 521 g/mol. The molecule has 9 heteroatoms. The van der Waals surface area contributed by atoms with Gasteiger partial charge in [-0.2, -0.15) is 3.22 Å². The highest BCUT2D eigenvalue weighted by atomic mass is 127. The molecule has 0 spiro atoms. The van der Waals surface area contributed by atoms with E-state index in [0.717, 1.165) is 18.5 Å². The van der Waals surface area contributed by atoms with Gasteiger partial charge in [0.15, 0.2) is 5.75 Å². The van der Waals surface area contributed by atoms with Gasteiger partial charge in [0.05, 0.1) is 0 Å². The molecule has 0 radical (unpaired) electrons. The third kappa shape index (κ3) is 5.44. The van der Waals surface area contributed by atoms with Crippen molar-refractivity contribution in [1.29, 1.82) is 0 Å². The van der Waals surface area contributed by atoms with Gasteiger partial charge in [-0.25, -0.2) is 14.6 Å². The molecule has 1 aromatic carbocycles. The van der Waals surface area contributed by atoms with E-state index in [4.69, 9.17) is 10.5 Å². The molecule has 1 aliphatic rings. The van der Waals surface area contributed by atoms with Gasteiger partial charge in [-0.1, -0.05) is 18.2 Å². The Morgan fingerprint density at radius 2 is 1.88 bits per heavy atom. The van der Waals surface area contributed by atoms with Crippen molar-refractivity contribution in [3.63, 3.8) is 0 Å². The topological polar surface area (TPSA) is 92.0 Å². The van der Waals surface area contributed by atoms with E-state index >= 15 is 0 Å². The van der Waals surface area contributed by atoms with E-state index in [1.54, 1.807) is 31.4 Å². The van der Waals surface area contributed by atoms with Crippen molar-refractivity contribution in [2.24, 2.45) is 5.73 Å². The van der Waals surface area contributed by atoms with Gasteiger partial charge in [-0.05, 0) is 76.5 Å². The van der Waals surface area contributed by atoms with E-state index in [2.05, 4.69) is 37.0 Å². The van der Waals surface area contributed by atoms with Crippen LogP contribution in [0.5, 0.6) is 5.75 Å². The highest BCUT2D eigenvalue weighted by Crippen LogP contribution is 2.34. The molecular formula is C23H30IN5O3. The quantitative estimate of drug-likeness (QED) is 0.460. The normalized spacial score (nSPS) is 17.2. The van der Waals surface area contributed by atoms with Gasteiger partial charge in [-0.15, -0.1) is 0 Å². The number of nitrogens with two attached hydrogens (primary N) is 1. The second kappa shape index (κ2) is 10.4. The molecule has 1 aromatic heterocycles. The molecule has 1 saturated heterocycles. The van der Waals surface area contributed by atoms with Crippen LogP contribution in [0.1, 0.15) is 40.3 Å². The number of hydrogen-bond acceptors (Lipinski definition) is 5. The van der Waals surface area contributed by atoms with Gasteiger partial charge < -0.3 is 15.4 Å². The second-order valence-corrected chi connectivity index (χ2v) is 10.4. The van der Waals surface area contributed by atoms with E-state index in [0.29, 0.717) is 18.0 Å². The predicted molar refractivity (Wildman–Crippen MR) is 134 cm³/mol. The molecule has 2 heterocycles. The summed E-state index contributed by atoms with van der Waals surface area (Å²) in [5, 5.41) is 1.66. The predicted octanol–water partition coefficient (Wildman–Crippen LogP) is 3.89. The number of hydrogen-bond donors (Lipinski definition) is 1. The number of halogens is 1. The number of benzene rings is 1. The number of urea groups is 1. The van der Waals surface area contributed by atoms with Crippen molar-refractivity contribution in [3.05, 3.63) is 58.4 Å². The van der Waals surface area contributed by atoms with Crippen LogP contribution in [0.4, 0.5) is 9.59 Å². The van der Waals surface area contributed by atoms with Crippen molar-refractivity contribution in [3.8, 4) is 5.75 Å². The standard InChI is InChI=1S/C23H30IN5O3/c1-15-7-6-8-16(2)20(15)18-10-12-29(28(14-18)22(25)30)24-13-19-21(17(3)9-11-26-19)32-23(31)27(4)5/h6-9,11,13,18H,10,12,14H2,1-5H3,(H2,25,30). The third-order valence-corrected chi connectivity index (χ3v) is 7.99. The molecule has 8 nitrogen and oxygen atoms in total. The summed E-state index contributed by atoms with van der Waals surface area (Å²) >= 11 is -0.759. The van der Waals surface area contributed by atoms with Crippen molar-refractivity contribution >= 4 is 37.1 Å². The number of hydrazine groups is 1. The fraction of sp³-hybridized carbons (Fsp3) is 0.391. The fourth-order valence-corrected chi connectivity index (χ4v) is 6.11. The van der Waals surface area contributed by atoms with E-state index in [9.17, 15) is 9.59 Å². The molecule has 1 fully saturated rings. The van der Waals surface area contributed by atoms with E-state index in [-0.39, 0.29) is 5.92 Å². The Morgan fingerprint density at radius 1 is 1.19 bits per heavy atom. The Morgan fingerprint density at radius 3 is 2.50 bits per heavy atom. The van der Waals surface area contributed by atoms with Crippen LogP contribution in [0.15, 0.2) is 30.5 Å². The zero-order chi connectivity index (χ0) is 23.4. The minimum absolute atomic E-state index is 0.248. The molecule has 3 amide bonds. The Hall–Kier alpha value is -2.53. The molecule has 3 rings (SSSR count). The molecule has 32 heavy (non-hydrogen) atoms. The fourth-order valence-electron chi connectivity index (χ4n) is 3.83. The number of aryl methyl sites for hydroxylation is 3. The maximum absolute atomic E-state index is 12.3. The zero-order valence-electron chi connectivity index (χ0n) is 19.1. The maximum atomic E-state index is 12.3. The van der Waals surface area contributed by atoms with Crippen LogP contribution >= 0.6 is 21.0 Å². The minimum Gasteiger partial charge on any atom is -0.408 e. The van der Waals surface area contributed by atoms with Gasteiger partial charge in [-0.3, -0.25) is 4.98 Å². The number of nitrogens with zero attached hydrogens (tertiary/aromatic N) is 4. The smallest absolute Gasteiger partial charge is 0.408 e. The number of carbonyl (C=O) groups excluding carboxylic acids is 2. The lowest BCUT2D eigenvalue weighted by Crippen LogP contribution is -2.50. The first kappa shape index (κ1) is 24.1. The summed E-state index contributed by atoms with van der Waals surface area (Å²) in [4.78, 5) is 30.1. The largest absolute Gasteiger partial charge is 0.414 e. The van der Waals surface area contributed by atoms with Gasteiger partial charge >= 0.3 is 12.1 Å². The highest BCUT2D eigenvalue weighted by Gasteiger charge is 2.30. The average Bonchev–Trinajstić information content (AvgIpc) is 2.74. The minimum atomic E-state index is -0.759. The van der Waals surface area contributed by atoms with E-state index in [1.807, 2.05) is 14.2 Å². The Kier molecular flexibility index (Phi) is 7.83. The molecule has 2 N–H and O–H groups in total. The number of amides is 3. The molecule has 2 aromatic rings. The molecule has 0 aliphatic carbocycles. The van der Waals surface area contributed by atoms with Gasteiger partial charge in [0.1, 0.15) is 5.69 Å². The lowest BCUT2D eigenvalue weighted by atomic mass is 9.87. The summed E-state index contributed by atoms with van der Waals surface area (Å²) in [5.74, 6) is 0.694. The average molecular weight is 551 g/mol. The summed E-state index contributed by atoms with van der Waals surface area (Å²) in [6.45, 7) is 7.39. The van der Waals surface area contributed by atoms with Crippen molar-refractivity contribution < 1.29 is 14.3 Å². The molecule has 172 valence electrons. The Bertz CT molecular complexity index is 1020. The number of carbonyl (C=O) groups is 2. The van der Waals surface area contributed by atoms with Gasteiger partial charge in [0.25, 0.3) is 0 Å². The van der Waals surface area contributed by atoms with Crippen LogP contribution in [0.2, 0.25) is 0 Å². The van der Waals surface area contributed by atoms with Crippen LogP contribution < -0.4 is 10.5 Å². The number of ether oxygens (including phenoxy) is 1. The van der Waals surface area contributed by atoms with Crippen molar-refractivity contribution in [1.82, 2.24) is 18.1 Å². The Balaban J connectivity index is 1.83. The maximum Gasteiger partial charge on any atom is 0.414 e. The molecule has 1 aliphatic heterocycles. The number of rotatable bonds is 4. The Labute approximate surface area is 199 Å². The number of primary amides is 1. The SMILES string of the molecule is Cc1ccnc(C=IN2CCC(c3c(C)cccc3C)CN2C(N)=O)c1OC(=O)N(C)C. The molecule has 1 atom stereocenters. The van der Waals surface area contributed by atoms with Gasteiger partial charge in [0.2, 0.25) is 0 Å². The molecule has 1 unspecified atom stereocenters. The van der Waals surface area contributed by atoms with Crippen LogP contribution in [0.25, 0.3) is 0 Å². The van der Waals surface area contributed by atoms with Crippen molar-refractivity contribution in [2.75, 3.05) is 27.2 Å². The van der Waals surface area contributed by atoms with E-state index < -0.39 is 33.1 Å². The summed E-state index contributed by atoms with van der Waals surface area (Å²) in [6.07, 6.45) is 2.17. The lowest BCUT2D eigenvalue weighted by Gasteiger charge is -2.39. The summed E-state index contributed by atoms with van der Waals surface area (Å²) in [5.41, 5.74) is 11.0. The third-order valence-electron chi connectivity index (χ3n) is 5.47. The molecule has 0 bridgehead atoms. The van der Waals surface area contributed by atoms with Crippen LogP contribution in [-0.4, -0.2) is 61.4 Å². The van der Waals surface area contributed by atoms with Crippen molar-refractivity contribution in [2.45, 2.75) is 33.1 Å². The number of aromatic nitrogens is 1. The second-order valence-electron chi connectivity index (χ2n) is 8.08. The summed E-state index contributed by atoms with van der Waals surface area (Å²) in [7, 11) is 3.27. The van der Waals surface area contributed by atoms with Gasteiger partial charge in [0, 0.05) is 43.3 Å². The summed E-state index contributed by atoms with van der Waals surface area (Å²) in [6, 6.07) is 7.64. The first-order valence-electron chi connectivity index (χ1n) is 10.4. The van der Waals surface area contributed by atoms with Crippen LogP contribution in [0.3, 0.4) is 0 Å². The summed E-state index contributed by atoms with van der Waals surface area (Å²) < 4.78 is 9.55. The number of pyridine rings is 1. The first-order valence-corrected chi connectivity index (χ1v) is 12.6. The van der Waals surface area contributed by atoms with E-state index in [1.165, 1.54) is 21.6 Å². The zero-order valence-corrected chi connectivity index (χ0v) is 21.3.